The molecule has 2 atom stereocenters. The van der Waals surface area contributed by atoms with Crippen molar-refractivity contribution in [2.75, 3.05) is 20.3 Å². The summed E-state index contributed by atoms with van der Waals surface area (Å²) in [5, 5.41) is 4.07. The van der Waals surface area contributed by atoms with Crippen LogP contribution in [0.1, 0.15) is 31.9 Å². The number of hydrogen-bond donors (Lipinski definition) is 1. The standard InChI is InChI=1S/C14H20ClNO2/c1-4-9(2)14(16-3)10-7-12-13(8-11(10)15)18-6-5-17-12/h7-9,14,16H,4-6H2,1-3H3. The molecular formula is C14H20ClNO2. The molecule has 0 fully saturated rings. The zero-order valence-electron chi connectivity index (χ0n) is 11.1. The Kier molecular flexibility index (Phi) is 4.36. The predicted octanol–water partition coefficient (Wildman–Crippen LogP) is 3.42. The topological polar surface area (TPSA) is 30.5 Å². The van der Waals surface area contributed by atoms with Gasteiger partial charge >= 0.3 is 0 Å². The highest BCUT2D eigenvalue weighted by Gasteiger charge is 2.22. The van der Waals surface area contributed by atoms with Gasteiger partial charge in [-0.05, 0) is 24.6 Å². The maximum absolute atomic E-state index is 6.36. The fourth-order valence-electron chi connectivity index (χ4n) is 2.30. The zero-order valence-corrected chi connectivity index (χ0v) is 11.9. The molecule has 0 spiro atoms. The van der Waals surface area contributed by atoms with E-state index in [0.29, 0.717) is 19.1 Å². The summed E-state index contributed by atoms with van der Waals surface area (Å²) in [6.45, 7) is 5.58. The van der Waals surface area contributed by atoms with Gasteiger partial charge in [0.05, 0.1) is 0 Å². The molecule has 1 aromatic rings. The first-order chi connectivity index (χ1) is 8.67. The van der Waals surface area contributed by atoms with E-state index in [9.17, 15) is 0 Å². The van der Waals surface area contributed by atoms with Gasteiger partial charge in [-0.3, -0.25) is 0 Å². The second-order valence-electron chi connectivity index (χ2n) is 4.67. The Morgan fingerprint density at radius 2 is 1.89 bits per heavy atom. The van der Waals surface area contributed by atoms with Crippen LogP contribution in [-0.4, -0.2) is 20.3 Å². The van der Waals surface area contributed by atoms with Crippen molar-refractivity contribution in [2.45, 2.75) is 26.3 Å². The molecule has 1 aliphatic rings. The zero-order chi connectivity index (χ0) is 13.1. The van der Waals surface area contributed by atoms with Crippen LogP contribution in [0.5, 0.6) is 11.5 Å². The first kappa shape index (κ1) is 13.5. The van der Waals surface area contributed by atoms with Gasteiger partial charge in [0.25, 0.3) is 0 Å². The molecule has 2 rings (SSSR count). The Labute approximate surface area is 113 Å². The quantitative estimate of drug-likeness (QED) is 0.909. The average molecular weight is 270 g/mol. The van der Waals surface area contributed by atoms with Crippen LogP contribution in [-0.2, 0) is 0 Å². The first-order valence-electron chi connectivity index (χ1n) is 6.43. The average Bonchev–Trinajstić information content (AvgIpc) is 2.39. The lowest BCUT2D eigenvalue weighted by atomic mass is 9.92. The van der Waals surface area contributed by atoms with Gasteiger partial charge in [-0.15, -0.1) is 0 Å². The van der Waals surface area contributed by atoms with E-state index in [1.54, 1.807) is 0 Å². The van der Waals surface area contributed by atoms with Crippen LogP contribution in [0, 0.1) is 5.92 Å². The Hall–Kier alpha value is -0.930. The van der Waals surface area contributed by atoms with Crippen LogP contribution in [0.3, 0.4) is 0 Å². The molecular weight excluding hydrogens is 250 g/mol. The molecule has 0 saturated heterocycles. The highest BCUT2D eigenvalue weighted by atomic mass is 35.5. The number of hydrogen-bond acceptors (Lipinski definition) is 3. The number of ether oxygens (including phenoxy) is 2. The molecule has 0 aliphatic carbocycles. The van der Waals surface area contributed by atoms with Gasteiger partial charge in [-0.2, -0.15) is 0 Å². The van der Waals surface area contributed by atoms with Crippen LogP contribution in [0.25, 0.3) is 0 Å². The smallest absolute Gasteiger partial charge is 0.162 e. The van der Waals surface area contributed by atoms with E-state index < -0.39 is 0 Å². The third kappa shape index (κ3) is 2.57. The third-order valence-corrected chi connectivity index (χ3v) is 3.85. The normalized spacial score (nSPS) is 17.3. The molecule has 2 unspecified atom stereocenters. The van der Waals surface area contributed by atoms with Gasteiger partial charge in [0.2, 0.25) is 0 Å². The summed E-state index contributed by atoms with van der Waals surface area (Å²) < 4.78 is 11.1. The lowest BCUT2D eigenvalue weighted by molar-refractivity contribution is 0.171. The van der Waals surface area contributed by atoms with Gasteiger partial charge in [0.1, 0.15) is 13.2 Å². The molecule has 0 saturated carbocycles. The molecule has 3 nitrogen and oxygen atoms in total. The second kappa shape index (κ2) is 5.81. The Bertz CT molecular complexity index is 423. The van der Waals surface area contributed by atoms with E-state index in [1.807, 2.05) is 19.2 Å². The molecule has 0 aromatic heterocycles. The summed E-state index contributed by atoms with van der Waals surface area (Å²) in [7, 11) is 1.96. The summed E-state index contributed by atoms with van der Waals surface area (Å²) in [6.07, 6.45) is 1.09. The molecule has 0 bridgehead atoms. The number of rotatable bonds is 4. The molecule has 1 aromatic carbocycles. The fourth-order valence-corrected chi connectivity index (χ4v) is 2.57. The van der Waals surface area contributed by atoms with Gasteiger partial charge in [-0.1, -0.05) is 31.9 Å². The van der Waals surface area contributed by atoms with Crippen molar-refractivity contribution in [3.63, 3.8) is 0 Å². The number of nitrogens with one attached hydrogen (secondary N) is 1. The minimum atomic E-state index is 0.235. The Balaban J connectivity index is 2.37. The molecule has 1 N–H and O–H groups in total. The predicted molar refractivity (Wildman–Crippen MR) is 73.7 cm³/mol. The summed E-state index contributed by atoms with van der Waals surface area (Å²) in [6, 6.07) is 4.10. The highest BCUT2D eigenvalue weighted by Crippen LogP contribution is 2.39. The monoisotopic (exact) mass is 269 g/mol. The van der Waals surface area contributed by atoms with Crippen molar-refractivity contribution in [3.05, 3.63) is 22.7 Å². The van der Waals surface area contributed by atoms with Crippen molar-refractivity contribution in [3.8, 4) is 11.5 Å². The number of fused-ring (bicyclic) bond motifs is 1. The van der Waals surface area contributed by atoms with E-state index in [2.05, 4.69) is 19.2 Å². The lowest BCUT2D eigenvalue weighted by Crippen LogP contribution is -2.24. The third-order valence-electron chi connectivity index (χ3n) is 3.52. The molecule has 100 valence electrons. The van der Waals surface area contributed by atoms with E-state index in [0.717, 1.165) is 28.5 Å². The van der Waals surface area contributed by atoms with Gasteiger partial charge in [0, 0.05) is 17.1 Å². The van der Waals surface area contributed by atoms with Crippen LogP contribution < -0.4 is 14.8 Å². The molecule has 0 radical (unpaired) electrons. The fraction of sp³-hybridized carbons (Fsp3) is 0.571. The summed E-state index contributed by atoms with van der Waals surface area (Å²) in [4.78, 5) is 0. The summed E-state index contributed by atoms with van der Waals surface area (Å²) >= 11 is 6.36. The Morgan fingerprint density at radius 3 is 2.44 bits per heavy atom. The van der Waals surface area contributed by atoms with Crippen molar-refractivity contribution < 1.29 is 9.47 Å². The Morgan fingerprint density at radius 1 is 1.28 bits per heavy atom. The van der Waals surface area contributed by atoms with Crippen LogP contribution in [0.2, 0.25) is 5.02 Å². The van der Waals surface area contributed by atoms with Crippen LogP contribution >= 0.6 is 11.6 Å². The second-order valence-corrected chi connectivity index (χ2v) is 5.08. The minimum Gasteiger partial charge on any atom is -0.486 e. The van der Waals surface area contributed by atoms with Crippen molar-refractivity contribution in [2.24, 2.45) is 5.92 Å². The molecule has 0 amide bonds. The van der Waals surface area contributed by atoms with E-state index in [-0.39, 0.29) is 6.04 Å². The largest absolute Gasteiger partial charge is 0.486 e. The molecule has 1 aliphatic heterocycles. The minimum absolute atomic E-state index is 0.235. The van der Waals surface area contributed by atoms with Crippen molar-refractivity contribution in [1.29, 1.82) is 0 Å². The van der Waals surface area contributed by atoms with Crippen molar-refractivity contribution >= 4 is 11.6 Å². The highest BCUT2D eigenvalue weighted by molar-refractivity contribution is 6.31. The van der Waals surface area contributed by atoms with Crippen molar-refractivity contribution in [1.82, 2.24) is 5.32 Å². The summed E-state index contributed by atoms with van der Waals surface area (Å²) in [5.74, 6) is 2.05. The van der Waals surface area contributed by atoms with E-state index >= 15 is 0 Å². The maximum Gasteiger partial charge on any atom is 0.162 e. The van der Waals surface area contributed by atoms with E-state index in [1.165, 1.54) is 0 Å². The summed E-state index contributed by atoms with van der Waals surface area (Å²) in [5.41, 5.74) is 1.08. The van der Waals surface area contributed by atoms with Gasteiger partial charge in [-0.25, -0.2) is 0 Å². The van der Waals surface area contributed by atoms with Crippen LogP contribution in [0.4, 0.5) is 0 Å². The van der Waals surface area contributed by atoms with Crippen LogP contribution in [0.15, 0.2) is 12.1 Å². The molecule has 4 heteroatoms. The maximum atomic E-state index is 6.36. The van der Waals surface area contributed by atoms with E-state index in [4.69, 9.17) is 21.1 Å². The number of benzene rings is 1. The molecule has 1 heterocycles. The number of halogens is 1. The molecule has 18 heavy (non-hydrogen) atoms. The first-order valence-corrected chi connectivity index (χ1v) is 6.81. The van der Waals surface area contributed by atoms with Gasteiger partial charge < -0.3 is 14.8 Å². The SMILES string of the molecule is CCC(C)C(NC)c1cc2c(cc1Cl)OCCO2. The van der Waals surface area contributed by atoms with Gasteiger partial charge in [0.15, 0.2) is 11.5 Å². The lowest BCUT2D eigenvalue weighted by Gasteiger charge is -2.26.